The van der Waals surface area contributed by atoms with Crippen LogP contribution in [0.4, 0.5) is 5.69 Å². The Morgan fingerprint density at radius 2 is 1.82 bits per heavy atom. The highest BCUT2D eigenvalue weighted by Gasteiger charge is 2.30. The number of rotatable bonds is 8. The predicted octanol–water partition coefficient (Wildman–Crippen LogP) is 5.82. The smallest absolute Gasteiger partial charge is 0.258 e. The lowest BCUT2D eigenvalue weighted by Crippen LogP contribution is -2.24. The summed E-state index contributed by atoms with van der Waals surface area (Å²) in [4.78, 5) is 30.7. The maximum atomic E-state index is 13.4. The number of carbonyl (C=O) groups excluding carboxylic acids is 2. The van der Waals surface area contributed by atoms with E-state index in [-0.39, 0.29) is 12.3 Å². The van der Waals surface area contributed by atoms with Crippen molar-refractivity contribution < 1.29 is 19.1 Å². The van der Waals surface area contributed by atoms with E-state index in [1.54, 1.807) is 7.11 Å². The molecular weight excluding hydrogens is 502 g/mol. The second-order valence-corrected chi connectivity index (χ2v) is 10.3. The number of benzene rings is 4. The second-order valence-electron chi connectivity index (χ2n) is 10.3. The highest BCUT2D eigenvalue weighted by Crippen LogP contribution is 2.41. The molecule has 0 atom stereocenters. The summed E-state index contributed by atoms with van der Waals surface area (Å²) in [5.41, 5.74) is 15.0. The number of fused-ring (bicyclic) bond motifs is 4. The molecule has 0 aliphatic carbocycles. The van der Waals surface area contributed by atoms with Crippen LogP contribution in [0.1, 0.15) is 32.6 Å². The summed E-state index contributed by atoms with van der Waals surface area (Å²) in [6.45, 7) is 5.56. The quantitative estimate of drug-likeness (QED) is 0.246. The molecule has 0 saturated heterocycles. The Bertz CT molecular complexity index is 1800. The highest BCUT2D eigenvalue weighted by atomic mass is 16.5. The van der Waals surface area contributed by atoms with E-state index in [9.17, 15) is 9.59 Å². The monoisotopic (exact) mass is 533 g/mol. The number of nitrogens with two attached hydrogens (primary N) is 1. The summed E-state index contributed by atoms with van der Waals surface area (Å²) in [5, 5.41) is 2.02. The van der Waals surface area contributed by atoms with Crippen LogP contribution in [0.15, 0.2) is 66.7 Å². The van der Waals surface area contributed by atoms with Crippen molar-refractivity contribution in [1.29, 1.82) is 0 Å². The Balaban J connectivity index is 1.49. The molecule has 7 nitrogen and oxygen atoms in total. The van der Waals surface area contributed by atoms with Crippen LogP contribution in [0.2, 0.25) is 0 Å². The molecule has 2 heterocycles. The fourth-order valence-electron chi connectivity index (χ4n) is 5.76. The third-order valence-corrected chi connectivity index (χ3v) is 7.69. The number of aromatic amines is 1. The second kappa shape index (κ2) is 10.2. The topological polar surface area (TPSA) is 97.7 Å². The Labute approximate surface area is 232 Å². The molecule has 2 amide bonds. The fraction of sp³-hybridized carbons (Fsp3) is 0.212. The largest absolute Gasteiger partial charge is 0.491 e. The van der Waals surface area contributed by atoms with Gasteiger partial charge in [-0.2, -0.15) is 0 Å². The zero-order valence-electron chi connectivity index (χ0n) is 22.8. The van der Waals surface area contributed by atoms with Crippen molar-refractivity contribution in [1.82, 2.24) is 4.98 Å². The average Bonchev–Trinajstić information content (AvgIpc) is 3.47. The van der Waals surface area contributed by atoms with Crippen LogP contribution in [-0.2, 0) is 22.5 Å². The molecule has 0 unspecified atom stereocenters. The number of amides is 2. The Kier molecular flexibility index (Phi) is 6.52. The van der Waals surface area contributed by atoms with Gasteiger partial charge in [0.25, 0.3) is 5.91 Å². The number of nitrogens with one attached hydrogen (secondary N) is 1. The molecule has 40 heavy (non-hydrogen) atoms. The van der Waals surface area contributed by atoms with Crippen LogP contribution in [0, 0.1) is 13.8 Å². The first-order chi connectivity index (χ1) is 19.4. The van der Waals surface area contributed by atoms with Gasteiger partial charge in [0.15, 0.2) is 0 Å². The average molecular weight is 534 g/mol. The summed E-state index contributed by atoms with van der Waals surface area (Å²) in [5.74, 6) is 0.362. The SMILES string of the molecule is COCCOc1ccc2c(c1)[nH]c1c(CC(N)=O)ccc(-c3cccc(N4Cc5ccc(C)cc5C4=O)c3C)c12. The molecule has 3 N–H and O–H groups in total. The molecule has 6 rings (SSSR count). The van der Waals surface area contributed by atoms with Crippen molar-refractivity contribution in [2.24, 2.45) is 5.73 Å². The molecule has 1 aromatic heterocycles. The zero-order valence-corrected chi connectivity index (χ0v) is 22.8. The third-order valence-electron chi connectivity index (χ3n) is 7.69. The molecule has 0 radical (unpaired) electrons. The Morgan fingerprint density at radius 3 is 2.62 bits per heavy atom. The lowest BCUT2D eigenvalue weighted by Gasteiger charge is -2.21. The summed E-state index contributed by atoms with van der Waals surface area (Å²) in [7, 11) is 1.64. The fourth-order valence-corrected chi connectivity index (χ4v) is 5.76. The van der Waals surface area contributed by atoms with Crippen molar-refractivity contribution >= 4 is 39.3 Å². The van der Waals surface area contributed by atoms with Gasteiger partial charge >= 0.3 is 0 Å². The number of aromatic nitrogens is 1. The van der Waals surface area contributed by atoms with E-state index in [2.05, 4.69) is 18.0 Å². The van der Waals surface area contributed by atoms with Gasteiger partial charge < -0.3 is 25.1 Å². The van der Waals surface area contributed by atoms with Crippen LogP contribution in [-0.4, -0.2) is 37.1 Å². The van der Waals surface area contributed by atoms with Gasteiger partial charge in [-0.1, -0.05) is 42.0 Å². The summed E-state index contributed by atoms with van der Waals surface area (Å²) in [6, 6.07) is 22.1. The van der Waals surface area contributed by atoms with Crippen molar-refractivity contribution in [2.45, 2.75) is 26.8 Å². The first-order valence-corrected chi connectivity index (χ1v) is 13.3. The lowest BCUT2D eigenvalue weighted by atomic mass is 9.92. The van der Waals surface area contributed by atoms with Gasteiger partial charge in [-0.15, -0.1) is 0 Å². The number of anilines is 1. The molecule has 4 aromatic carbocycles. The van der Waals surface area contributed by atoms with Crippen LogP contribution in [0.25, 0.3) is 32.9 Å². The van der Waals surface area contributed by atoms with Gasteiger partial charge in [0.1, 0.15) is 12.4 Å². The molecule has 0 saturated carbocycles. The van der Waals surface area contributed by atoms with Crippen molar-refractivity contribution in [3.63, 3.8) is 0 Å². The van der Waals surface area contributed by atoms with E-state index in [0.717, 1.165) is 72.2 Å². The van der Waals surface area contributed by atoms with Gasteiger partial charge in [0.2, 0.25) is 5.91 Å². The molecule has 0 fully saturated rings. The summed E-state index contributed by atoms with van der Waals surface area (Å²) in [6.07, 6.45) is 0.125. The number of methoxy groups -OCH3 is 1. The number of carbonyl (C=O) groups is 2. The van der Waals surface area contributed by atoms with Gasteiger partial charge in [0.05, 0.1) is 30.6 Å². The summed E-state index contributed by atoms with van der Waals surface area (Å²) < 4.78 is 10.9. The van der Waals surface area contributed by atoms with Crippen molar-refractivity contribution in [3.8, 4) is 16.9 Å². The minimum Gasteiger partial charge on any atom is -0.491 e. The number of ether oxygens (including phenoxy) is 2. The summed E-state index contributed by atoms with van der Waals surface area (Å²) >= 11 is 0. The molecule has 1 aliphatic heterocycles. The molecule has 5 aromatic rings. The number of aryl methyl sites for hydroxylation is 1. The maximum absolute atomic E-state index is 13.4. The van der Waals surface area contributed by atoms with Crippen LogP contribution in [0.5, 0.6) is 5.75 Å². The number of hydrogen-bond donors (Lipinski definition) is 2. The molecule has 0 bridgehead atoms. The lowest BCUT2D eigenvalue weighted by molar-refractivity contribution is -0.117. The number of hydrogen-bond acceptors (Lipinski definition) is 4. The first-order valence-electron chi connectivity index (χ1n) is 13.3. The third kappa shape index (κ3) is 4.38. The van der Waals surface area contributed by atoms with E-state index in [1.807, 2.05) is 72.5 Å². The van der Waals surface area contributed by atoms with E-state index in [1.165, 1.54) is 0 Å². The van der Waals surface area contributed by atoms with Crippen molar-refractivity contribution in [3.05, 3.63) is 94.5 Å². The van der Waals surface area contributed by atoms with E-state index in [4.69, 9.17) is 15.2 Å². The van der Waals surface area contributed by atoms with Crippen molar-refractivity contribution in [2.75, 3.05) is 25.2 Å². The molecule has 1 aliphatic rings. The highest BCUT2D eigenvalue weighted by molar-refractivity contribution is 6.16. The maximum Gasteiger partial charge on any atom is 0.258 e. The number of H-pyrrole nitrogens is 1. The van der Waals surface area contributed by atoms with E-state index < -0.39 is 5.91 Å². The predicted molar refractivity (Wildman–Crippen MR) is 158 cm³/mol. The van der Waals surface area contributed by atoms with Crippen LogP contribution < -0.4 is 15.4 Å². The van der Waals surface area contributed by atoms with Gasteiger partial charge in [0, 0.05) is 35.2 Å². The standard InChI is InChI=1S/C33H31N3O4/c1-19-7-8-22-18-36(33(38)27(22)15-19)29-6-4-5-24(20(29)2)25-11-9-21(16-30(34)37)32-31(25)26-12-10-23(17-28(26)35-32)40-14-13-39-3/h4-12,15,17,35H,13-14,16,18H2,1-3H3,(H2,34,37). The van der Waals surface area contributed by atoms with Gasteiger partial charge in [-0.25, -0.2) is 0 Å². The zero-order chi connectivity index (χ0) is 28.0. The van der Waals surface area contributed by atoms with Gasteiger partial charge in [-0.3, -0.25) is 9.59 Å². The molecule has 202 valence electrons. The van der Waals surface area contributed by atoms with E-state index in [0.29, 0.717) is 19.8 Å². The number of nitrogens with zero attached hydrogens (tertiary/aromatic N) is 1. The Hall–Kier alpha value is -4.62. The minimum atomic E-state index is -0.392. The van der Waals surface area contributed by atoms with Gasteiger partial charge in [-0.05, 0) is 65.9 Å². The van der Waals surface area contributed by atoms with Crippen LogP contribution in [0.3, 0.4) is 0 Å². The minimum absolute atomic E-state index is 0.0222. The normalized spacial score (nSPS) is 12.9. The Morgan fingerprint density at radius 1 is 0.975 bits per heavy atom. The molecule has 7 heteroatoms. The van der Waals surface area contributed by atoms with E-state index >= 15 is 0 Å². The van der Waals surface area contributed by atoms with Crippen LogP contribution >= 0.6 is 0 Å². The molecular formula is C33H31N3O4. The first kappa shape index (κ1) is 25.6. The molecule has 0 spiro atoms. The number of primary amides is 1.